The summed E-state index contributed by atoms with van der Waals surface area (Å²) in [6.07, 6.45) is 1.31. The van der Waals surface area contributed by atoms with Crippen LogP contribution in [0.2, 0.25) is 0 Å². The fourth-order valence-corrected chi connectivity index (χ4v) is 4.72. The zero-order chi connectivity index (χ0) is 19.6. The number of carbonyl (C=O) groups excluding carboxylic acids is 1. The van der Waals surface area contributed by atoms with Crippen molar-refractivity contribution in [3.05, 3.63) is 48.3 Å². The van der Waals surface area contributed by atoms with Gasteiger partial charge in [0.2, 0.25) is 15.2 Å². The highest BCUT2D eigenvalue weighted by Gasteiger charge is 2.28. The predicted molar refractivity (Wildman–Crippen MR) is 104 cm³/mol. The van der Waals surface area contributed by atoms with Crippen LogP contribution in [0.3, 0.4) is 0 Å². The van der Waals surface area contributed by atoms with Crippen LogP contribution < -0.4 is 5.32 Å². The molecule has 1 aliphatic rings. The molecule has 0 atom stereocenters. The molecule has 0 aliphatic carbocycles. The predicted octanol–water partition coefficient (Wildman–Crippen LogP) is 1.81. The Kier molecular flexibility index (Phi) is 5.22. The summed E-state index contributed by atoms with van der Waals surface area (Å²) in [5, 5.41) is 2.97. The van der Waals surface area contributed by atoms with Crippen molar-refractivity contribution in [3.63, 3.8) is 0 Å². The Labute approximate surface area is 165 Å². The first-order valence-electron chi connectivity index (χ1n) is 8.51. The van der Waals surface area contributed by atoms with Crippen LogP contribution in [0, 0.1) is 0 Å². The molecule has 1 saturated heterocycles. The third-order valence-corrected chi connectivity index (χ3v) is 6.69. The molecule has 9 nitrogen and oxygen atoms in total. The van der Waals surface area contributed by atoms with Crippen molar-refractivity contribution in [2.24, 2.45) is 0 Å². The van der Waals surface area contributed by atoms with Gasteiger partial charge in [-0.3, -0.25) is 10.1 Å². The molecule has 1 fully saturated rings. The van der Waals surface area contributed by atoms with E-state index in [2.05, 4.69) is 19.7 Å². The van der Waals surface area contributed by atoms with Crippen LogP contribution in [-0.4, -0.2) is 59.3 Å². The van der Waals surface area contributed by atoms with E-state index in [0.717, 1.165) is 17.1 Å². The standard InChI is InChI=1S/C17H17N5O4S2/c23-16(20-17-19-15(21-27-17)12-4-2-1-3-5-12)14-10-13(11-18-14)28(24,25)22-6-8-26-9-7-22/h1-5,10-11,18H,6-9H2,(H,19,20,21,23). The van der Waals surface area contributed by atoms with Crippen molar-refractivity contribution in [1.82, 2.24) is 18.6 Å². The lowest BCUT2D eigenvalue weighted by Gasteiger charge is -2.25. The highest BCUT2D eigenvalue weighted by Crippen LogP contribution is 2.22. The number of hydrogen-bond acceptors (Lipinski definition) is 7. The van der Waals surface area contributed by atoms with E-state index in [1.165, 1.54) is 16.6 Å². The number of morpholine rings is 1. The Morgan fingerprint density at radius 2 is 1.96 bits per heavy atom. The van der Waals surface area contributed by atoms with Crippen LogP contribution in [0.4, 0.5) is 5.13 Å². The number of carbonyl (C=O) groups is 1. The zero-order valence-electron chi connectivity index (χ0n) is 14.7. The van der Waals surface area contributed by atoms with Crippen LogP contribution in [0.25, 0.3) is 11.4 Å². The molecule has 1 aromatic carbocycles. The summed E-state index contributed by atoms with van der Waals surface area (Å²) in [6.45, 7) is 1.31. The molecule has 0 unspecified atom stereocenters. The second-order valence-corrected chi connectivity index (χ2v) is 8.70. The van der Waals surface area contributed by atoms with Crippen molar-refractivity contribution in [2.45, 2.75) is 4.90 Å². The number of anilines is 1. The highest BCUT2D eigenvalue weighted by atomic mass is 32.2. The van der Waals surface area contributed by atoms with Gasteiger partial charge in [-0.2, -0.15) is 13.7 Å². The minimum atomic E-state index is -3.66. The number of rotatable bonds is 5. The summed E-state index contributed by atoms with van der Waals surface area (Å²) < 4.78 is 36.0. The van der Waals surface area contributed by atoms with E-state index < -0.39 is 15.9 Å². The summed E-state index contributed by atoms with van der Waals surface area (Å²) in [6, 6.07) is 10.7. The molecule has 0 spiro atoms. The molecule has 2 N–H and O–H groups in total. The summed E-state index contributed by atoms with van der Waals surface area (Å²) in [5.41, 5.74) is 0.973. The Morgan fingerprint density at radius 1 is 1.21 bits per heavy atom. The number of H-pyrrole nitrogens is 1. The van der Waals surface area contributed by atoms with Gasteiger partial charge >= 0.3 is 0 Å². The quantitative estimate of drug-likeness (QED) is 0.651. The first-order chi connectivity index (χ1) is 13.5. The number of hydrogen-bond donors (Lipinski definition) is 2. The van der Waals surface area contributed by atoms with Gasteiger partial charge in [0, 0.05) is 36.4 Å². The van der Waals surface area contributed by atoms with Crippen LogP contribution in [0.1, 0.15) is 10.5 Å². The lowest BCUT2D eigenvalue weighted by molar-refractivity contribution is 0.0730. The molecular formula is C17H17N5O4S2. The van der Waals surface area contributed by atoms with Gasteiger partial charge in [0.15, 0.2) is 5.82 Å². The van der Waals surface area contributed by atoms with E-state index in [0.29, 0.717) is 37.3 Å². The Bertz CT molecular complexity index is 1070. The van der Waals surface area contributed by atoms with Crippen LogP contribution in [-0.2, 0) is 14.8 Å². The topological polar surface area (TPSA) is 117 Å². The van der Waals surface area contributed by atoms with Gasteiger partial charge in [0.25, 0.3) is 5.91 Å². The Morgan fingerprint density at radius 3 is 2.71 bits per heavy atom. The molecule has 1 amide bonds. The van der Waals surface area contributed by atoms with Crippen LogP contribution in [0.5, 0.6) is 0 Å². The number of benzene rings is 1. The van der Waals surface area contributed by atoms with Crippen LogP contribution in [0.15, 0.2) is 47.5 Å². The van der Waals surface area contributed by atoms with Gasteiger partial charge < -0.3 is 9.72 Å². The van der Waals surface area contributed by atoms with Crippen molar-refractivity contribution in [2.75, 3.05) is 31.6 Å². The summed E-state index contributed by atoms with van der Waals surface area (Å²) in [4.78, 5) is 19.5. The van der Waals surface area contributed by atoms with E-state index in [9.17, 15) is 13.2 Å². The molecule has 0 saturated carbocycles. The molecule has 3 aromatic rings. The second-order valence-electron chi connectivity index (χ2n) is 6.01. The first-order valence-corrected chi connectivity index (χ1v) is 10.7. The van der Waals surface area contributed by atoms with E-state index in [-0.39, 0.29) is 10.6 Å². The molecule has 146 valence electrons. The second kappa shape index (κ2) is 7.80. The zero-order valence-corrected chi connectivity index (χ0v) is 16.3. The summed E-state index contributed by atoms with van der Waals surface area (Å²) in [5.74, 6) is 0.0298. The maximum atomic E-state index is 12.6. The number of amides is 1. The van der Waals surface area contributed by atoms with Gasteiger partial charge in [-0.15, -0.1) is 0 Å². The third kappa shape index (κ3) is 3.83. The lowest BCUT2D eigenvalue weighted by atomic mass is 10.2. The number of nitrogens with one attached hydrogen (secondary N) is 2. The molecular weight excluding hydrogens is 402 g/mol. The molecule has 0 bridgehead atoms. The van der Waals surface area contributed by atoms with Gasteiger partial charge in [-0.05, 0) is 6.07 Å². The summed E-state index contributed by atoms with van der Waals surface area (Å²) >= 11 is 1.06. The maximum absolute atomic E-state index is 12.6. The molecule has 0 radical (unpaired) electrons. The minimum absolute atomic E-state index is 0.0433. The van der Waals surface area contributed by atoms with Crippen molar-refractivity contribution in [3.8, 4) is 11.4 Å². The third-order valence-electron chi connectivity index (χ3n) is 4.19. The SMILES string of the molecule is O=C(Nc1nc(-c2ccccc2)ns1)c1cc(S(=O)(=O)N2CCOCC2)c[nH]1. The number of nitrogens with zero attached hydrogens (tertiary/aromatic N) is 3. The Hall–Kier alpha value is -2.60. The van der Waals surface area contributed by atoms with Gasteiger partial charge in [-0.1, -0.05) is 30.3 Å². The van der Waals surface area contributed by atoms with E-state index in [4.69, 9.17) is 4.74 Å². The minimum Gasteiger partial charge on any atom is -0.379 e. The monoisotopic (exact) mass is 419 g/mol. The number of sulfonamides is 1. The smallest absolute Gasteiger partial charge is 0.273 e. The van der Waals surface area contributed by atoms with Gasteiger partial charge in [0.1, 0.15) is 10.6 Å². The largest absolute Gasteiger partial charge is 0.379 e. The molecule has 2 aromatic heterocycles. The van der Waals surface area contributed by atoms with Crippen LogP contribution >= 0.6 is 11.5 Å². The average Bonchev–Trinajstić information content (AvgIpc) is 3.40. The molecule has 1 aliphatic heterocycles. The van der Waals surface area contributed by atoms with Crippen molar-refractivity contribution >= 4 is 32.6 Å². The summed E-state index contributed by atoms with van der Waals surface area (Å²) in [7, 11) is -3.66. The fourth-order valence-electron chi connectivity index (χ4n) is 2.73. The Balaban J connectivity index is 1.47. The highest BCUT2D eigenvalue weighted by molar-refractivity contribution is 7.89. The van der Waals surface area contributed by atoms with Crippen molar-refractivity contribution in [1.29, 1.82) is 0 Å². The fraction of sp³-hybridized carbons (Fsp3) is 0.235. The van der Waals surface area contributed by atoms with Gasteiger partial charge in [0.05, 0.1) is 13.2 Å². The normalized spacial score (nSPS) is 15.4. The molecule has 11 heteroatoms. The number of aromatic nitrogens is 3. The lowest BCUT2D eigenvalue weighted by Crippen LogP contribution is -2.40. The van der Waals surface area contributed by atoms with E-state index in [1.807, 2.05) is 30.3 Å². The molecule has 28 heavy (non-hydrogen) atoms. The van der Waals surface area contributed by atoms with Gasteiger partial charge in [-0.25, -0.2) is 8.42 Å². The van der Waals surface area contributed by atoms with E-state index in [1.54, 1.807) is 0 Å². The maximum Gasteiger partial charge on any atom is 0.273 e. The van der Waals surface area contributed by atoms with E-state index >= 15 is 0 Å². The number of ether oxygens (including phenoxy) is 1. The molecule has 3 heterocycles. The average molecular weight is 419 g/mol. The molecule has 4 rings (SSSR count). The van der Waals surface area contributed by atoms with Crippen molar-refractivity contribution < 1.29 is 17.9 Å². The number of aromatic amines is 1. The first kappa shape index (κ1) is 18.7.